The van der Waals surface area contributed by atoms with Crippen LogP contribution in [0.5, 0.6) is 0 Å². The normalized spacial score (nSPS) is 13.1. The lowest BCUT2D eigenvalue weighted by molar-refractivity contribution is -0.145. The van der Waals surface area contributed by atoms with Gasteiger partial charge in [0, 0.05) is 19.7 Å². The molecule has 1 unspecified atom stereocenters. The summed E-state index contributed by atoms with van der Waals surface area (Å²) < 4.78 is 10.2. The molecule has 0 radical (unpaired) electrons. The minimum Gasteiger partial charge on any atom is -0.469 e. The summed E-state index contributed by atoms with van der Waals surface area (Å²) in [5.74, 6) is 0.449. The molecule has 0 bridgehead atoms. The molecule has 17 heavy (non-hydrogen) atoms. The van der Waals surface area contributed by atoms with Gasteiger partial charge in [-0.2, -0.15) is 0 Å². The molecule has 0 heterocycles. The highest BCUT2D eigenvalue weighted by molar-refractivity contribution is 5.71. The number of methoxy groups -OCH3 is 1. The van der Waals surface area contributed by atoms with Crippen LogP contribution in [0.1, 0.15) is 27.2 Å². The second-order valence-corrected chi connectivity index (χ2v) is 4.98. The first-order chi connectivity index (χ1) is 7.97. The Hall–Kier alpha value is -0.610. The Balaban J connectivity index is 3.52. The van der Waals surface area contributed by atoms with Crippen molar-refractivity contribution in [3.63, 3.8) is 0 Å². The van der Waals surface area contributed by atoms with Gasteiger partial charge in [0.05, 0.1) is 19.6 Å². The number of likely N-dealkylation sites (N-methyl/N-ethyl adjacent to an activating group) is 1. The fourth-order valence-electron chi connectivity index (χ4n) is 1.48. The van der Waals surface area contributed by atoms with Crippen molar-refractivity contribution >= 4 is 5.97 Å². The van der Waals surface area contributed by atoms with Crippen LogP contribution in [0.15, 0.2) is 0 Å². The Kier molecular flexibility index (Phi) is 9.09. The molecule has 0 saturated carbocycles. The minimum atomic E-state index is -0.155. The SMILES string of the molecule is COC(=O)C(C)CN(C)CCOCCC(C)C. The van der Waals surface area contributed by atoms with Gasteiger partial charge in [-0.3, -0.25) is 4.79 Å². The van der Waals surface area contributed by atoms with E-state index in [0.29, 0.717) is 12.5 Å². The van der Waals surface area contributed by atoms with Gasteiger partial charge in [-0.25, -0.2) is 0 Å². The maximum atomic E-state index is 11.2. The molecule has 0 aromatic carbocycles. The minimum absolute atomic E-state index is 0.0827. The number of carbonyl (C=O) groups excluding carboxylic acids is 1. The molecule has 4 heteroatoms. The number of carbonyl (C=O) groups is 1. The van der Waals surface area contributed by atoms with E-state index in [4.69, 9.17) is 4.74 Å². The van der Waals surface area contributed by atoms with Crippen LogP contribution in [-0.2, 0) is 14.3 Å². The van der Waals surface area contributed by atoms with Crippen LogP contribution >= 0.6 is 0 Å². The summed E-state index contributed by atoms with van der Waals surface area (Å²) in [5.41, 5.74) is 0. The van der Waals surface area contributed by atoms with Gasteiger partial charge in [0.25, 0.3) is 0 Å². The molecule has 0 aliphatic carbocycles. The van der Waals surface area contributed by atoms with Crippen molar-refractivity contribution in [1.82, 2.24) is 4.90 Å². The van der Waals surface area contributed by atoms with Crippen molar-refractivity contribution in [2.45, 2.75) is 27.2 Å². The average Bonchev–Trinajstić information content (AvgIpc) is 2.26. The standard InChI is InChI=1S/C13H27NO3/c1-11(2)6-8-17-9-7-14(4)10-12(3)13(15)16-5/h11-12H,6-10H2,1-5H3. The number of hydrogen-bond acceptors (Lipinski definition) is 4. The molecular formula is C13H27NO3. The molecule has 1 atom stereocenters. The fourth-order valence-corrected chi connectivity index (χ4v) is 1.48. The Labute approximate surface area is 105 Å². The first-order valence-electron chi connectivity index (χ1n) is 6.31. The van der Waals surface area contributed by atoms with Gasteiger partial charge >= 0.3 is 5.97 Å². The van der Waals surface area contributed by atoms with Crippen LogP contribution in [0, 0.1) is 11.8 Å². The zero-order valence-electron chi connectivity index (χ0n) is 11.9. The van der Waals surface area contributed by atoms with Crippen LogP contribution in [0.3, 0.4) is 0 Å². The van der Waals surface area contributed by atoms with E-state index >= 15 is 0 Å². The first-order valence-corrected chi connectivity index (χ1v) is 6.31. The Bertz CT molecular complexity index is 207. The lowest BCUT2D eigenvalue weighted by atomic mass is 10.1. The quantitative estimate of drug-likeness (QED) is 0.458. The summed E-state index contributed by atoms with van der Waals surface area (Å²) in [6.07, 6.45) is 1.10. The Morgan fingerprint density at radius 2 is 1.88 bits per heavy atom. The molecule has 0 aromatic rings. The van der Waals surface area contributed by atoms with Crippen molar-refractivity contribution in [3.05, 3.63) is 0 Å². The van der Waals surface area contributed by atoms with Crippen molar-refractivity contribution in [2.24, 2.45) is 11.8 Å². The molecule has 0 aliphatic rings. The van der Waals surface area contributed by atoms with Crippen LogP contribution in [0.2, 0.25) is 0 Å². The van der Waals surface area contributed by atoms with Gasteiger partial charge in [0.1, 0.15) is 0 Å². The van der Waals surface area contributed by atoms with E-state index in [1.54, 1.807) is 0 Å². The molecule has 0 aromatic heterocycles. The van der Waals surface area contributed by atoms with Crippen molar-refractivity contribution in [1.29, 1.82) is 0 Å². The number of nitrogens with zero attached hydrogens (tertiary/aromatic N) is 1. The summed E-state index contributed by atoms with van der Waals surface area (Å²) in [5, 5.41) is 0. The van der Waals surface area contributed by atoms with Crippen LogP contribution in [-0.4, -0.2) is 51.3 Å². The Morgan fingerprint density at radius 3 is 2.41 bits per heavy atom. The summed E-state index contributed by atoms with van der Waals surface area (Å²) in [4.78, 5) is 13.3. The van der Waals surface area contributed by atoms with E-state index in [-0.39, 0.29) is 11.9 Å². The summed E-state index contributed by atoms with van der Waals surface area (Å²) >= 11 is 0. The van der Waals surface area contributed by atoms with Gasteiger partial charge in [-0.05, 0) is 19.4 Å². The van der Waals surface area contributed by atoms with Gasteiger partial charge in [-0.1, -0.05) is 20.8 Å². The predicted molar refractivity (Wildman–Crippen MR) is 69.0 cm³/mol. The van der Waals surface area contributed by atoms with Gasteiger partial charge in [0.2, 0.25) is 0 Å². The smallest absolute Gasteiger partial charge is 0.309 e. The second-order valence-electron chi connectivity index (χ2n) is 4.98. The van der Waals surface area contributed by atoms with Crippen LogP contribution in [0.25, 0.3) is 0 Å². The maximum absolute atomic E-state index is 11.2. The highest BCUT2D eigenvalue weighted by Gasteiger charge is 2.14. The average molecular weight is 245 g/mol. The van der Waals surface area contributed by atoms with E-state index in [0.717, 1.165) is 26.2 Å². The van der Waals surface area contributed by atoms with E-state index < -0.39 is 0 Å². The highest BCUT2D eigenvalue weighted by atomic mass is 16.5. The maximum Gasteiger partial charge on any atom is 0.309 e. The fraction of sp³-hybridized carbons (Fsp3) is 0.923. The Morgan fingerprint density at radius 1 is 1.24 bits per heavy atom. The van der Waals surface area contributed by atoms with E-state index in [9.17, 15) is 4.79 Å². The molecule has 102 valence electrons. The first kappa shape index (κ1) is 16.4. The van der Waals surface area contributed by atoms with Crippen molar-refractivity contribution in [3.8, 4) is 0 Å². The molecule has 0 amide bonds. The molecular weight excluding hydrogens is 218 g/mol. The number of rotatable bonds is 9. The molecule has 4 nitrogen and oxygen atoms in total. The zero-order chi connectivity index (χ0) is 13.3. The third kappa shape index (κ3) is 9.12. The third-order valence-corrected chi connectivity index (χ3v) is 2.65. The summed E-state index contributed by atoms with van der Waals surface area (Å²) in [6, 6.07) is 0. The zero-order valence-corrected chi connectivity index (χ0v) is 11.9. The van der Waals surface area contributed by atoms with Crippen molar-refractivity contribution < 1.29 is 14.3 Å². The molecule has 0 aliphatic heterocycles. The van der Waals surface area contributed by atoms with Gasteiger partial charge in [-0.15, -0.1) is 0 Å². The number of hydrogen-bond donors (Lipinski definition) is 0. The largest absolute Gasteiger partial charge is 0.469 e. The summed E-state index contributed by atoms with van der Waals surface area (Å²) in [7, 11) is 3.42. The van der Waals surface area contributed by atoms with Gasteiger partial charge < -0.3 is 14.4 Å². The molecule has 0 spiro atoms. The van der Waals surface area contributed by atoms with Gasteiger partial charge in [0.15, 0.2) is 0 Å². The van der Waals surface area contributed by atoms with Crippen LogP contribution < -0.4 is 0 Å². The lowest BCUT2D eigenvalue weighted by Crippen LogP contribution is -2.31. The number of ether oxygens (including phenoxy) is 2. The molecule has 0 saturated heterocycles. The molecule has 0 N–H and O–H groups in total. The summed E-state index contributed by atoms with van der Waals surface area (Å²) in [6.45, 7) is 9.35. The molecule has 0 rings (SSSR count). The number of esters is 1. The van der Waals surface area contributed by atoms with E-state index in [1.807, 2.05) is 14.0 Å². The van der Waals surface area contributed by atoms with E-state index in [1.165, 1.54) is 7.11 Å². The monoisotopic (exact) mass is 245 g/mol. The predicted octanol–water partition coefficient (Wildman–Crippen LogP) is 1.79. The third-order valence-electron chi connectivity index (χ3n) is 2.65. The van der Waals surface area contributed by atoms with Crippen molar-refractivity contribution in [2.75, 3.05) is 40.5 Å². The second kappa shape index (κ2) is 9.42. The van der Waals surface area contributed by atoms with Crippen LogP contribution in [0.4, 0.5) is 0 Å². The topological polar surface area (TPSA) is 38.8 Å². The van der Waals surface area contributed by atoms with E-state index in [2.05, 4.69) is 23.5 Å². The molecule has 0 fully saturated rings. The highest BCUT2D eigenvalue weighted by Crippen LogP contribution is 2.01. The lowest BCUT2D eigenvalue weighted by Gasteiger charge is -2.19.